The van der Waals surface area contributed by atoms with Gasteiger partial charge >= 0.3 is 0 Å². The third kappa shape index (κ3) is 6.98. The third-order valence-electron chi connectivity index (χ3n) is 11.2. The quantitative estimate of drug-likeness (QED) is 0.161. The smallest absolute Gasteiger partial charge is 0.261 e. The highest BCUT2D eigenvalue weighted by molar-refractivity contribution is 7.00. The molecule has 4 aromatic rings. The van der Waals surface area contributed by atoms with Crippen LogP contribution in [0.5, 0.6) is 0 Å². The molecule has 1 N–H and O–H groups in total. The van der Waals surface area contributed by atoms with Crippen LogP contribution >= 0.6 is 0 Å². The van der Waals surface area contributed by atoms with E-state index < -0.39 is 16.6 Å². The van der Waals surface area contributed by atoms with Gasteiger partial charge in [0.15, 0.2) is 6.29 Å². The topological polar surface area (TPSA) is 57.2 Å². The number of aliphatic hydroxyl groups excluding tert-OH is 1. The zero-order valence-electron chi connectivity index (χ0n) is 30.8. The van der Waals surface area contributed by atoms with Crippen molar-refractivity contribution in [1.29, 1.82) is 0 Å². The summed E-state index contributed by atoms with van der Waals surface area (Å²) in [5, 5.41) is 15.7. The summed E-state index contributed by atoms with van der Waals surface area (Å²) < 4.78 is 27.4. The van der Waals surface area contributed by atoms with Crippen LogP contribution in [0.3, 0.4) is 0 Å². The Hall–Kier alpha value is -2.89. The minimum Gasteiger partial charge on any atom is -0.407 e. The van der Waals surface area contributed by atoms with Crippen LogP contribution in [-0.2, 0) is 18.3 Å². The molecular formula is C43H56O5Si2. The zero-order valence-corrected chi connectivity index (χ0v) is 32.8. The van der Waals surface area contributed by atoms with E-state index in [9.17, 15) is 5.11 Å². The summed E-state index contributed by atoms with van der Waals surface area (Å²) in [6.07, 6.45) is 1.24. The molecule has 2 aliphatic rings. The summed E-state index contributed by atoms with van der Waals surface area (Å²) in [4.78, 5) is 0. The highest BCUT2D eigenvalue weighted by atomic mass is 28.4. The number of rotatable bonds is 13. The molecule has 2 heterocycles. The fourth-order valence-corrected chi connectivity index (χ4v) is 18.1. The van der Waals surface area contributed by atoms with E-state index in [2.05, 4.69) is 163 Å². The normalized spacial score (nSPS) is 22.8. The molecule has 0 aromatic heterocycles. The van der Waals surface area contributed by atoms with Gasteiger partial charge in [-0.15, -0.1) is 0 Å². The Kier molecular flexibility index (Phi) is 11.3. The number of hydrogen-bond acceptors (Lipinski definition) is 5. The van der Waals surface area contributed by atoms with Gasteiger partial charge in [-0.25, -0.2) is 0 Å². The maximum atomic E-state index is 10.8. The molecule has 2 bridgehead atoms. The van der Waals surface area contributed by atoms with Gasteiger partial charge in [-0.05, 0) is 55.5 Å². The Morgan fingerprint density at radius 1 is 0.560 bits per heavy atom. The van der Waals surface area contributed by atoms with Gasteiger partial charge in [0.05, 0.1) is 19.3 Å². The van der Waals surface area contributed by atoms with Crippen LogP contribution in [0.1, 0.15) is 54.4 Å². The van der Waals surface area contributed by atoms with Crippen molar-refractivity contribution in [1.82, 2.24) is 0 Å². The predicted molar refractivity (Wildman–Crippen MR) is 209 cm³/mol. The van der Waals surface area contributed by atoms with Crippen LogP contribution < -0.4 is 20.7 Å². The SMILES string of the molecule is CC(C)(C)[Si](OCC[C@H]1[C@@H](CO)[C@@H]2OC[C@@H](O2)[C@H]1CCO[Si](c1ccccc1)(c1ccccc1)C(C)(C)C)(c1ccccc1)c1ccccc1. The summed E-state index contributed by atoms with van der Waals surface area (Å²) >= 11 is 0. The molecule has 0 aliphatic carbocycles. The highest BCUT2D eigenvalue weighted by Crippen LogP contribution is 2.45. The van der Waals surface area contributed by atoms with E-state index in [0.717, 1.165) is 12.8 Å². The standard InChI is InChI=1S/C43H56O5Si2/c1-42(2,3)49(33-19-11-7-12-20-33,34-21-13-8-14-22-34)46-29-27-37-38(40-32-45-41(48-40)39(37)31-44)28-30-47-50(43(4,5)6,35-23-15-9-16-24-35)36-25-17-10-18-26-36/h7-26,37-41,44H,27-32H2,1-6H3/t37-,38+,39-,40-,41-/m1/s1. The van der Waals surface area contributed by atoms with Gasteiger partial charge in [-0.2, -0.15) is 0 Å². The minimum absolute atomic E-state index is 0.0212. The van der Waals surface area contributed by atoms with Crippen LogP contribution in [0.2, 0.25) is 10.1 Å². The second kappa shape index (κ2) is 15.4. The maximum absolute atomic E-state index is 10.8. The van der Waals surface area contributed by atoms with Gasteiger partial charge in [0.1, 0.15) is 0 Å². The van der Waals surface area contributed by atoms with Crippen molar-refractivity contribution in [3.8, 4) is 0 Å². The van der Waals surface area contributed by atoms with Gasteiger partial charge in [-0.3, -0.25) is 0 Å². The molecule has 0 radical (unpaired) electrons. The van der Waals surface area contributed by atoms with Gasteiger partial charge in [0.25, 0.3) is 16.6 Å². The van der Waals surface area contributed by atoms with E-state index in [-0.39, 0.29) is 46.8 Å². The van der Waals surface area contributed by atoms with E-state index in [1.807, 2.05) is 0 Å². The van der Waals surface area contributed by atoms with Crippen LogP contribution in [0.25, 0.3) is 0 Å². The zero-order chi connectivity index (χ0) is 35.4. The van der Waals surface area contributed by atoms with E-state index in [0.29, 0.717) is 19.8 Å². The van der Waals surface area contributed by atoms with Crippen molar-refractivity contribution >= 4 is 37.4 Å². The van der Waals surface area contributed by atoms with E-state index in [4.69, 9.17) is 18.3 Å². The largest absolute Gasteiger partial charge is 0.407 e. The van der Waals surface area contributed by atoms with E-state index in [1.54, 1.807) is 0 Å². The van der Waals surface area contributed by atoms with Crippen molar-refractivity contribution in [3.05, 3.63) is 121 Å². The number of benzene rings is 4. The summed E-state index contributed by atoms with van der Waals surface area (Å²) in [6.45, 7) is 15.7. The minimum atomic E-state index is -2.70. The Bertz CT molecular complexity index is 1540. The molecule has 50 heavy (non-hydrogen) atoms. The van der Waals surface area contributed by atoms with Crippen molar-refractivity contribution in [2.45, 2.75) is 76.9 Å². The molecule has 2 aliphatic heterocycles. The van der Waals surface area contributed by atoms with Crippen molar-refractivity contribution in [2.24, 2.45) is 17.8 Å². The van der Waals surface area contributed by atoms with Gasteiger partial charge in [0, 0.05) is 19.1 Å². The number of hydrogen-bond donors (Lipinski definition) is 1. The first-order valence-corrected chi connectivity index (χ1v) is 22.2. The average molecular weight is 709 g/mol. The fraction of sp³-hybridized carbons (Fsp3) is 0.442. The van der Waals surface area contributed by atoms with Gasteiger partial charge < -0.3 is 23.4 Å². The third-order valence-corrected chi connectivity index (χ3v) is 21.3. The first kappa shape index (κ1) is 36.9. The highest BCUT2D eigenvalue weighted by Gasteiger charge is 2.54. The Morgan fingerprint density at radius 2 is 0.920 bits per heavy atom. The molecule has 2 saturated heterocycles. The molecular weight excluding hydrogens is 653 g/mol. The van der Waals surface area contributed by atoms with Crippen molar-refractivity contribution < 1.29 is 23.4 Å². The molecule has 266 valence electrons. The van der Waals surface area contributed by atoms with Crippen LogP contribution in [0.15, 0.2) is 121 Å². The Balaban J connectivity index is 1.28. The number of ether oxygens (including phenoxy) is 2. The number of fused-ring (bicyclic) bond motifs is 2. The summed E-state index contributed by atoms with van der Waals surface area (Å²) in [5.41, 5.74) is 0. The monoisotopic (exact) mass is 708 g/mol. The van der Waals surface area contributed by atoms with Crippen LogP contribution in [-0.4, -0.2) is 60.6 Å². The molecule has 4 aromatic carbocycles. The van der Waals surface area contributed by atoms with Crippen molar-refractivity contribution in [3.63, 3.8) is 0 Å². The summed E-state index contributed by atoms with van der Waals surface area (Å²) in [7, 11) is -5.39. The Labute approximate surface area is 302 Å². The molecule has 0 amide bonds. The lowest BCUT2D eigenvalue weighted by Crippen LogP contribution is -2.67. The lowest BCUT2D eigenvalue weighted by Gasteiger charge is -2.45. The van der Waals surface area contributed by atoms with Crippen LogP contribution in [0.4, 0.5) is 0 Å². The first-order valence-electron chi connectivity index (χ1n) is 18.4. The van der Waals surface area contributed by atoms with Crippen LogP contribution in [0, 0.1) is 17.8 Å². The molecule has 2 fully saturated rings. The Morgan fingerprint density at radius 3 is 1.26 bits per heavy atom. The second-order valence-electron chi connectivity index (χ2n) is 16.2. The van der Waals surface area contributed by atoms with E-state index >= 15 is 0 Å². The molecule has 0 saturated carbocycles. The van der Waals surface area contributed by atoms with E-state index in [1.165, 1.54) is 20.7 Å². The molecule has 0 unspecified atom stereocenters. The number of aliphatic hydroxyl groups is 1. The molecule has 7 heteroatoms. The lowest BCUT2D eigenvalue weighted by atomic mass is 9.74. The maximum Gasteiger partial charge on any atom is 0.261 e. The fourth-order valence-electron chi connectivity index (χ4n) is 8.95. The van der Waals surface area contributed by atoms with Crippen molar-refractivity contribution in [2.75, 3.05) is 26.4 Å². The molecule has 0 spiro atoms. The molecule has 5 atom stereocenters. The summed E-state index contributed by atoms with van der Waals surface area (Å²) in [5.74, 6) is 0.230. The average Bonchev–Trinajstić information content (AvgIpc) is 3.55. The molecule has 5 nitrogen and oxygen atoms in total. The first-order chi connectivity index (χ1) is 24.0. The summed E-state index contributed by atoms with van der Waals surface area (Å²) in [6, 6.07) is 43.4. The van der Waals surface area contributed by atoms with Gasteiger partial charge in [0.2, 0.25) is 0 Å². The van der Waals surface area contributed by atoms with Gasteiger partial charge in [-0.1, -0.05) is 163 Å². The second-order valence-corrected chi connectivity index (χ2v) is 24.8. The molecule has 6 rings (SSSR count). The predicted octanol–water partition coefficient (Wildman–Crippen LogP) is 6.52. The lowest BCUT2D eigenvalue weighted by molar-refractivity contribution is -0.176.